The molecule has 0 aliphatic carbocycles. The van der Waals surface area contributed by atoms with Crippen LogP contribution in [0, 0.1) is 5.41 Å². The van der Waals surface area contributed by atoms with E-state index in [1.54, 1.807) is 6.07 Å². The van der Waals surface area contributed by atoms with E-state index in [0.29, 0.717) is 5.76 Å². The topological polar surface area (TPSA) is 46.2 Å². The minimum atomic E-state index is 0.0738. The summed E-state index contributed by atoms with van der Waals surface area (Å²) in [4.78, 5) is 0. The summed E-state index contributed by atoms with van der Waals surface area (Å²) in [5.74, 6) is 1.44. The first-order chi connectivity index (χ1) is 5.27. The molecule has 0 unspecified atom stereocenters. The minimum absolute atomic E-state index is 0.0738. The molecule has 0 saturated heterocycles. The molecule has 0 spiro atoms. The number of ether oxygens (including phenoxy) is 1. The largest absolute Gasteiger partial charge is 0.479 e. The molecule has 1 N–H and O–H groups in total. The van der Waals surface area contributed by atoms with Crippen molar-refractivity contribution in [1.29, 1.82) is 5.41 Å². The summed E-state index contributed by atoms with van der Waals surface area (Å²) in [5, 5.41) is 7.25. The van der Waals surface area contributed by atoms with Crippen molar-refractivity contribution < 1.29 is 9.15 Å². The Hall–Kier alpha value is -1.25. The molecule has 1 rings (SSSR count). The van der Waals surface area contributed by atoms with Crippen molar-refractivity contribution in [3.8, 4) is 0 Å². The average Bonchev–Trinajstić information content (AvgIpc) is 2.50. The zero-order chi connectivity index (χ0) is 8.27. The van der Waals surface area contributed by atoms with Crippen LogP contribution in [0.15, 0.2) is 16.5 Å². The monoisotopic (exact) mass is 153 g/mol. The molecular formula is C8H11NO2. The summed E-state index contributed by atoms with van der Waals surface area (Å²) >= 11 is 0. The van der Waals surface area contributed by atoms with Crippen LogP contribution in [0.1, 0.15) is 18.4 Å². The number of aryl methyl sites for hydroxylation is 1. The van der Waals surface area contributed by atoms with Gasteiger partial charge in [-0.2, -0.15) is 0 Å². The summed E-state index contributed by atoms with van der Waals surface area (Å²) in [6, 6.07) is 3.59. The van der Waals surface area contributed by atoms with Crippen LogP contribution in [0.2, 0.25) is 0 Å². The fraction of sp³-hybridized carbons (Fsp3) is 0.375. The maximum absolute atomic E-state index is 7.25. The molecule has 0 fully saturated rings. The number of nitrogens with one attached hydrogen (secondary N) is 1. The van der Waals surface area contributed by atoms with Crippen molar-refractivity contribution in [3.05, 3.63) is 23.7 Å². The predicted octanol–water partition coefficient (Wildman–Crippen LogP) is 1.81. The molecule has 3 heteroatoms. The third kappa shape index (κ3) is 1.61. The van der Waals surface area contributed by atoms with E-state index >= 15 is 0 Å². The second-order valence-electron chi connectivity index (χ2n) is 2.15. The maximum Gasteiger partial charge on any atom is 0.249 e. The van der Waals surface area contributed by atoms with Crippen LogP contribution in [0.3, 0.4) is 0 Å². The van der Waals surface area contributed by atoms with Gasteiger partial charge >= 0.3 is 0 Å². The summed E-state index contributed by atoms with van der Waals surface area (Å²) in [5.41, 5.74) is 0. The molecule has 0 atom stereocenters. The normalized spacial score (nSPS) is 9.64. The Morgan fingerprint density at radius 1 is 1.64 bits per heavy atom. The van der Waals surface area contributed by atoms with Crippen LogP contribution in [0.5, 0.6) is 0 Å². The molecule has 0 radical (unpaired) electrons. The van der Waals surface area contributed by atoms with Crippen LogP contribution >= 0.6 is 0 Å². The van der Waals surface area contributed by atoms with Crippen LogP contribution in [-0.4, -0.2) is 13.0 Å². The number of hydrogen-bond donors (Lipinski definition) is 1. The molecule has 0 aromatic carbocycles. The lowest BCUT2D eigenvalue weighted by Gasteiger charge is -1.95. The number of hydrogen-bond acceptors (Lipinski definition) is 3. The average molecular weight is 153 g/mol. The van der Waals surface area contributed by atoms with Gasteiger partial charge in [0.1, 0.15) is 5.76 Å². The zero-order valence-electron chi connectivity index (χ0n) is 6.68. The smallest absolute Gasteiger partial charge is 0.249 e. The molecule has 0 saturated carbocycles. The Labute approximate surface area is 65.5 Å². The molecule has 1 aromatic heterocycles. The van der Waals surface area contributed by atoms with Crippen LogP contribution < -0.4 is 0 Å². The van der Waals surface area contributed by atoms with Gasteiger partial charge in [-0.3, -0.25) is 5.41 Å². The highest BCUT2D eigenvalue weighted by molar-refractivity contribution is 5.88. The molecule has 0 bridgehead atoms. The standard InChI is InChI=1S/C8H11NO2/c1-3-6-4-5-7(11-6)8(9)10-2/h4-5,9H,3H2,1-2H3. The predicted molar refractivity (Wildman–Crippen MR) is 41.9 cm³/mol. The molecule has 0 amide bonds. The van der Waals surface area contributed by atoms with Gasteiger partial charge in [-0.05, 0) is 12.1 Å². The van der Waals surface area contributed by atoms with Gasteiger partial charge in [0.25, 0.3) is 0 Å². The fourth-order valence-corrected chi connectivity index (χ4v) is 0.791. The molecule has 60 valence electrons. The number of rotatable bonds is 2. The first kappa shape index (κ1) is 7.85. The summed E-state index contributed by atoms with van der Waals surface area (Å²) in [6.07, 6.45) is 0.844. The van der Waals surface area contributed by atoms with Gasteiger partial charge in [0.15, 0.2) is 5.76 Å². The number of methoxy groups -OCH3 is 1. The molecule has 0 aliphatic rings. The molecule has 3 nitrogen and oxygen atoms in total. The minimum Gasteiger partial charge on any atom is -0.479 e. The summed E-state index contributed by atoms with van der Waals surface area (Å²) < 4.78 is 9.92. The lowest BCUT2D eigenvalue weighted by atomic mass is 10.3. The Morgan fingerprint density at radius 3 is 2.82 bits per heavy atom. The second-order valence-corrected chi connectivity index (χ2v) is 2.15. The van der Waals surface area contributed by atoms with Gasteiger partial charge in [-0.25, -0.2) is 0 Å². The van der Waals surface area contributed by atoms with E-state index in [-0.39, 0.29) is 5.90 Å². The van der Waals surface area contributed by atoms with Gasteiger partial charge < -0.3 is 9.15 Å². The second kappa shape index (κ2) is 3.23. The van der Waals surface area contributed by atoms with Gasteiger partial charge in [0.2, 0.25) is 5.90 Å². The van der Waals surface area contributed by atoms with E-state index in [9.17, 15) is 0 Å². The van der Waals surface area contributed by atoms with E-state index in [2.05, 4.69) is 4.74 Å². The van der Waals surface area contributed by atoms with E-state index in [1.165, 1.54) is 7.11 Å². The van der Waals surface area contributed by atoms with Gasteiger partial charge in [-0.1, -0.05) is 6.92 Å². The third-order valence-electron chi connectivity index (χ3n) is 1.44. The zero-order valence-corrected chi connectivity index (χ0v) is 6.68. The Bertz CT molecular complexity index is 252. The quantitative estimate of drug-likeness (QED) is 0.520. The van der Waals surface area contributed by atoms with Crippen LogP contribution in [0.4, 0.5) is 0 Å². The van der Waals surface area contributed by atoms with Gasteiger partial charge in [0, 0.05) is 6.42 Å². The number of furan rings is 1. The molecule has 11 heavy (non-hydrogen) atoms. The van der Waals surface area contributed by atoms with E-state index in [0.717, 1.165) is 12.2 Å². The molecule has 0 aliphatic heterocycles. The fourth-order valence-electron chi connectivity index (χ4n) is 0.791. The van der Waals surface area contributed by atoms with Crippen molar-refractivity contribution in [2.45, 2.75) is 13.3 Å². The molecule has 1 heterocycles. The Morgan fingerprint density at radius 2 is 2.36 bits per heavy atom. The summed E-state index contributed by atoms with van der Waals surface area (Å²) in [7, 11) is 1.45. The van der Waals surface area contributed by atoms with Gasteiger partial charge in [-0.15, -0.1) is 0 Å². The molecular weight excluding hydrogens is 142 g/mol. The summed E-state index contributed by atoms with van der Waals surface area (Å²) in [6.45, 7) is 2.00. The maximum atomic E-state index is 7.25. The van der Waals surface area contributed by atoms with Crippen molar-refractivity contribution in [2.75, 3.05) is 7.11 Å². The van der Waals surface area contributed by atoms with Crippen molar-refractivity contribution in [1.82, 2.24) is 0 Å². The first-order valence-corrected chi connectivity index (χ1v) is 3.49. The lowest BCUT2D eigenvalue weighted by Crippen LogP contribution is -1.98. The highest BCUT2D eigenvalue weighted by Gasteiger charge is 2.05. The lowest BCUT2D eigenvalue weighted by molar-refractivity contribution is 0.380. The van der Waals surface area contributed by atoms with Crippen molar-refractivity contribution >= 4 is 5.90 Å². The van der Waals surface area contributed by atoms with E-state index < -0.39 is 0 Å². The van der Waals surface area contributed by atoms with Crippen molar-refractivity contribution in [2.24, 2.45) is 0 Å². The highest BCUT2D eigenvalue weighted by atomic mass is 16.5. The highest BCUT2D eigenvalue weighted by Crippen LogP contribution is 2.08. The van der Waals surface area contributed by atoms with Crippen molar-refractivity contribution in [3.63, 3.8) is 0 Å². The Kier molecular flexibility index (Phi) is 2.31. The molecule has 1 aromatic rings. The first-order valence-electron chi connectivity index (χ1n) is 3.49. The van der Waals surface area contributed by atoms with E-state index in [4.69, 9.17) is 9.83 Å². The third-order valence-corrected chi connectivity index (χ3v) is 1.44. The van der Waals surface area contributed by atoms with Gasteiger partial charge in [0.05, 0.1) is 7.11 Å². The van der Waals surface area contributed by atoms with E-state index in [1.807, 2.05) is 13.0 Å². The SMILES string of the molecule is CCc1ccc(C(=N)OC)o1. The van der Waals surface area contributed by atoms with Crippen LogP contribution in [-0.2, 0) is 11.2 Å². The Balaban J connectivity index is 2.80. The van der Waals surface area contributed by atoms with Crippen LogP contribution in [0.25, 0.3) is 0 Å².